The molecule has 1 amide bonds. The molecule has 0 unspecified atom stereocenters. The Balaban J connectivity index is 1.61. The molecule has 0 N–H and O–H groups in total. The van der Waals surface area contributed by atoms with Crippen LogP contribution in [0.5, 0.6) is 0 Å². The summed E-state index contributed by atoms with van der Waals surface area (Å²) in [7, 11) is -3.13. The fourth-order valence-corrected chi connectivity index (χ4v) is 5.46. The van der Waals surface area contributed by atoms with Crippen molar-refractivity contribution in [2.24, 2.45) is 0 Å². The van der Waals surface area contributed by atoms with Gasteiger partial charge in [-0.3, -0.25) is 4.79 Å². The number of hydrogen-bond donors (Lipinski definition) is 0. The summed E-state index contributed by atoms with van der Waals surface area (Å²) < 4.78 is 29.5. The van der Waals surface area contributed by atoms with Crippen molar-refractivity contribution < 1.29 is 17.7 Å². The molecule has 156 valence electrons. The Morgan fingerprint density at radius 2 is 1.80 bits per heavy atom. The molecule has 1 aliphatic heterocycles. The molecule has 0 bridgehead atoms. The van der Waals surface area contributed by atoms with Crippen LogP contribution in [-0.2, 0) is 22.8 Å². The van der Waals surface area contributed by atoms with Crippen molar-refractivity contribution in [3.63, 3.8) is 0 Å². The number of aryl methyl sites for hydroxylation is 1. The average molecular weight is 425 g/mol. The van der Waals surface area contributed by atoms with Gasteiger partial charge >= 0.3 is 0 Å². The first-order chi connectivity index (χ1) is 14.4. The third-order valence-corrected chi connectivity index (χ3v) is 7.23. The molecule has 6 nitrogen and oxygen atoms in total. The molecule has 30 heavy (non-hydrogen) atoms. The van der Waals surface area contributed by atoms with Crippen LogP contribution in [-0.4, -0.2) is 41.9 Å². The molecule has 0 spiro atoms. The molecular formula is C23H24N2O4S. The third-order valence-electron chi connectivity index (χ3n) is 5.48. The van der Waals surface area contributed by atoms with Crippen molar-refractivity contribution in [1.29, 1.82) is 0 Å². The molecule has 1 saturated heterocycles. The van der Waals surface area contributed by atoms with Gasteiger partial charge in [0.05, 0.1) is 11.5 Å². The summed E-state index contributed by atoms with van der Waals surface area (Å²) >= 11 is 0. The van der Waals surface area contributed by atoms with Gasteiger partial charge in [-0.2, -0.15) is 0 Å². The van der Waals surface area contributed by atoms with Crippen LogP contribution in [0.3, 0.4) is 0 Å². The van der Waals surface area contributed by atoms with E-state index in [4.69, 9.17) is 4.52 Å². The molecule has 1 aromatic heterocycles. The second-order valence-electron chi connectivity index (χ2n) is 7.60. The molecule has 2 heterocycles. The molecule has 4 rings (SSSR count). The van der Waals surface area contributed by atoms with Gasteiger partial charge in [-0.1, -0.05) is 66.7 Å². The molecule has 1 atom stereocenters. The van der Waals surface area contributed by atoms with E-state index in [-0.39, 0.29) is 29.1 Å². The van der Waals surface area contributed by atoms with Crippen molar-refractivity contribution in [2.75, 3.05) is 11.5 Å². The van der Waals surface area contributed by atoms with Crippen LogP contribution in [0.15, 0.2) is 65.2 Å². The van der Waals surface area contributed by atoms with E-state index in [0.717, 1.165) is 17.5 Å². The van der Waals surface area contributed by atoms with Gasteiger partial charge in [-0.25, -0.2) is 8.42 Å². The molecule has 1 fully saturated rings. The fourth-order valence-electron chi connectivity index (χ4n) is 3.73. The number of amides is 1. The van der Waals surface area contributed by atoms with Crippen LogP contribution in [0.25, 0.3) is 11.3 Å². The quantitative estimate of drug-likeness (QED) is 0.602. The second kappa shape index (κ2) is 8.44. The minimum atomic E-state index is -3.13. The van der Waals surface area contributed by atoms with Gasteiger partial charge in [0.15, 0.2) is 21.3 Å². The molecule has 2 aromatic carbocycles. The predicted molar refractivity (Wildman–Crippen MR) is 115 cm³/mol. The number of benzene rings is 2. The lowest BCUT2D eigenvalue weighted by Crippen LogP contribution is -2.40. The Bertz CT molecular complexity index is 1120. The zero-order chi connectivity index (χ0) is 21.1. The Labute approximate surface area is 176 Å². The van der Waals surface area contributed by atoms with Crippen molar-refractivity contribution in [2.45, 2.75) is 32.4 Å². The summed E-state index contributed by atoms with van der Waals surface area (Å²) in [5.74, 6) is 0.271. The van der Waals surface area contributed by atoms with E-state index >= 15 is 0 Å². The van der Waals surface area contributed by atoms with Gasteiger partial charge < -0.3 is 9.42 Å². The molecular weight excluding hydrogens is 400 g/mol. The van der Waals surface area contributed by atoms with E-state index in [1.165, 1.54) is 5.56 Å². The highest BCUT2D eigenvalue weighted by molar-refractivity contribution is 7.91. The van der Waals surface area contributed by atoms with Crippen molar-refractivity contribution in [1.82, 2.24) is 10.1 Å². The first-order valence-electron chi connectivity index (χ1n) is 10.1. The molecule has 7 heteroatoms. The predicted octanol–water partition coefficient (Wildman–Crippen LogP) is 3.73. The first kappa shape index (κ1) is 20.3. The van der Waals surface area contributed by atoms with Gasteiger partial charge in [-0.05, 0) is 24.0 Å². The summed E-state index contributed by atoms with van der Waals surface area (Å²) in [6.07, 6.45) is 1.37. The Kier molecular flexibility index (Phi) is 5.72. The molecule has 0 radical (unpaired) electrons. The van der Waals surface area contributed by atoms with Gasteiger partial charge in [0.2, 0.25) is 0 Å². The lowest BCUT2D eigenvalue weighted by Gasteiger charge is -2.27. The second-order valence-corrected chi connectivity index (χ2v) is 9.83. The first-order valence-corrected chi connectivity index (χ1v) is 11.9. The van der Waals surface area contributed by atoms with Crippen LogP contribution in [0.4, 0.5) is 0 Å². The highest BCUT2D eigenvalue weighted by Gasteiger charge is 2.36. The minimum Gasteiger partial charge on any atom is -0.355 e. The summed E-state index contributed by atoms with van der Waals surface area (Å²) in [5, 5.41) is 3.97. The Morgan fingerprint density at radius 3 is 2.43 bits per heavy atom. The third kappa shape index (κ3) is 4.46. The maximum atomic E-state index is 13.3. The SMILES string of the molecule is CCc1ccc(CN(C(=O)c2cc(-c3ccccc3)on2)[C@@H]2CCS(=O)(=O)C2)cc1. The highest BCUT2D eigenvalue weighted by atomic mass is 32.2. The number of sulfone groups is 1. The number of aromatic nitrogens is 1. The van der Waals surface area contributed by atoms with Crippen LogP contribution >= 0.6 is 0 Å². The average Bonchev–Trinajstić information content (AvgIpc) is 3.39. The molecule has 0 saturated carbocycles. The smallest absolute Gasteiger partial charge is 0.276 e. The number of carbonyl (C=O) groups is 1. The van der Waals surface area contributed by atoms with Crippen LogP contribution in [0, 0.1) is 0 Å². The fraction of sp³-hybridized carbons (Fsp3) is 0.304. The highest BCUT2D eigenvalue weighted by Crippen LogP contribution is 2.25. The lowest BCUT2D eigenvalue weighted by molar-refractivity contribution is 0.0670. The van der Waals surface area contributed by atoms with E-state index in [0.29, 0.717) is 18.7 Å². The van der Waals surface area contributed by atoms with Crippen molar-refractivity contribution >= 4 is 15.7 Å². The summed E-state index contributed by atoms with van der Waals surface area (Å²) in [6.45, 7) is 2.42. The minimum absolute atomic E-state index is 0.0187. The van der Waals surface area contributed by atoms with E-state index in [1.807, 2.05) is 54.6 Å². The van der Waals surface area contributed by atoms with Gasteiger partial charge in [0.1, 0.15) is 0 Å². The summed E-state index contributed by atoms with van der Waals surface area (Å²) in [4.78, 5) is 14.9. The van der Waals surface area contributed by atoms with Gasteiger partial charge in [0, 0.05) is 24.2 Å². The van der Waals surface area contributed by atoms with E-state index < -0.39 is 9.84 Å². The van der Waals surface area contributed by atoms with E-state index in [1.54, 1.807) is 11.0 Å². The summed E-state index contributed by atoms with van der Waals surface area (Å²) in [5.41, 5.74) is 3.18. The zero-order valence-electron chi connectivity index (χ0n) is 16.8. The molecule has 0 aliphatic carbocycles. The number of rotatable bonds is 6. The molecule has 3 aromatic rings. The largest absolute Gasteiger partial charge is 0.355 e. The zero-order valence-corrected chi connectivity index (χ0v) is 17.6. The number of hydrogen-bond acceptors (Lipinski definition) is 5. The Morgan fingerprint density at radius 1 is 1.10 bits per heavy atom. The number of carbonyl (C=O) groups excluding carboxylic acids is 1. The maximum Gasteiger partial charge on any atom is 0.276 e. The lowest BCUT2D eigenvalue weighted by atomic mass is 10.1. The van der Waals surface area contributed by atoms with E-state index in [9.17, 15) is 13.2 Å². The van der Waals surface area contributed by atoms with Crippen LogP contribution < -0.4 is 0 Å². The number of nitrogens with zero attached hydrogens (tertiary/aromatic N) is 2. The standard InChI is InChI=1S/C23H24N2O4S/c1-2-17-8-10-18(11-9-17)15-25(20-12-13-30(27,28)16-20)23(26)21-14-22(29-24-21)19-6-4-3-5-7-19/h3-11,14,20H,2,12-13,15-16H2,1H3/t20-/m1/s1. The molecule has 1 aliphatic rings. The van der Waals surface area contributed by atoms with Crippen LogP contribution in [0.2, 0.25) is 0 Å². The van der Waals surface area contributed by atoms with Gasteiger partial charge in [-0.15, -0.1) is 0 Å². The van der Waals surface area contributed by atoms with E-state index in [2.05, 4.69) is 12.1 Å². The maximum absolute atomic E-state index is 13.3. The van der Waals surface area contributed by atoms with Crippen LogP contribution in [0.1, 0.15) is 35.0 Å². The topological polar surface area (TPSA) is 80.5 Å². The van der Waals surface area contributed by atoms with Gasteiger partial charge in [0.25, 0.3) is 5.91 Å². The van der Waals surface area contributed by atoms with Crippen molar-refractivity contribution in [3.05, 3.63) is 77.5 Å². The monoisotopic (exact) mass is 424 g/mol. The Hall–Kier alpha value is -2.93. The normalized spacial score (nSPS) is 17.7. The van der Waals surface area contributed by atoms with Crippen molar-refractivity contribution in [3.8, 4) is 11.3 Å². The summed E-state index contributed by atoms with van der Waals surface area (Å²) in [6, 6.07) is 18.7.